The van der Waals surface area contributed by atoms with Crippen LogP contribution < -0.4 is 16.0 Å². The summed E-state index contributed by atoms with van der Waals surface area (Å²) >= 11 is 0. The molecule has 0 aliphatic heterocycles. The third kappa shape index (κ3) is 5.43. The molecule has 15 heteroatoms. The van der Waals surface area contributed by atoms with E-state index in [1.807, 2.05) is 0 Å². The second-order valence-electron chi connectivity index (χ2n) is 6.05. The normalized spacial score (nSPS) is 10.2. The number of nitrogens with one attached hydrogen (secondary N) is 3. The highest BCUT2D eigenvalue weighted by Gasteiger charge is 2.18. The zero-order chi connectivity index (χ0) is 23.0. The molecule has 3 N–H and O–H groups in total. The molecule has 0 bridgehead atoms. The lowest BCUT2D eigenvalue weighted by atomic mass is 10.0. The highest BCUT2D eigenvalue weighted by atomic mass is 16.2. The fraction of sp³-hybridized carbons (Fsp3) is 0. The molecule has 0 saturated carbocycles. The van der Waals surface area contributed by atoms with Crippen LogP contribution in [0.1, 0.15) is 31.1 Å². The molecule has 162 valence electrons. The average molecular weight is 444 g/mol. The first kappa shape index (κ1) is 20.9. The van der Waals surface area contributed by atoms with E-state index in [9.17, 15) is 14.4 Å². The predicted octanol–water partition coefficient (Wildman–Crippen LogP) is -0.00150. The van der Waals surface area contributed by atoms with Crippen molar-refractivity contribution in [1.29, 1.82) is 0 Å². The minimum atomic E-state index is -0.662. The van der Waals surface area contributed by atoms with Crippen LogP contribution >= 0.6 is 0 Å². The number of carbonyl (C=O) groups excluding carboxylic acids is 3. The number of rotatable bonds is 6. The van der Waals surface area contributed by atoms with Gasteiger partial charge in [-0.25, -0.2) is 44.9 Å². The minimum Gasteiger partial charge on any atom is -0.290 e. The number of hydrogen-bond donors (Lipinski definition) is 3. The first-order chi connectivity index (χ1) is 16.1. The summed E-state index contributed by atoms with van der Waals surface area (Å²) in [5, 5.41) is 7.38. The lowest BCUT2D eigenvalue weighted by molar-refractivity contribution is 0.102. The van der Waals surface area contributed by atoms with Crippen molar-refractivity contribution in [3.05, 3.63) is 72.9 Å². The monoisotopic (exact) mass is 444 g/mol. The second kappa shape index (κ2) is 9.65. The lowest BCUT2D eigenvalue weighted by Gasteiger charge is -2.10. The highest BCUT2D eigenvalue weighted by Crippen LogP contribution is 2.15. The van der Waals surface area contributed by atoms with Gasteiger partial charge in [0.15, 0.2) is 0 Å². The van der Waals surface area contributed by atoms with Crippen molar-refractivity contribution in [2.24, 2.45) is 0 Å². The van der Waals surface area contributed by atoms with Crippen LogP contribution in [0.5, 0.6) is 0 Å². The molecule has 15 nitrogen and oxygen atoms in total. The Hall–Kier alpha value is -5.34. The summed E-state index contributed by atoms with van der Waals surface area (Å²) in [6.07, 6.45) is 7.22. The van der Waals surface area contributed by atoms with Gasteiger partial charge in [-0.1, -0.05) is 0 Å². The van der Waals surface area contributed by atoms with Crippen LogP contribution in [0.15, 0.2) is 56.2 Å². The highest BCUT2D eigenvalue weighted by molar-refractivity contribution is 6.12. The van der Waals surface area contributed by atoms with Crippen molar-refractivity contribution in [3.63, 3.8) is 0 Å². The smallest absolute Gasteiger partial charge is 0.258 e. The molecule has 4 rings (SSSR count). The summed E-state index contributed by atoms with van der Waals surface area (Å²) in [5.74, 6) is -2.01. The Morgan fingerprint density at radius 3 is 0.939 bits per heavy atom. The summed E-state index contributed by atoms with van der Waals surface area (Å²) in [6, 6.07) is 3.85. The Morgan fingerprint density at radius 2 is 0.697 bits per heavy atom. The molecule has 0 aliphatic rings. The van der Waals surface area contributed by atoms with Gasteiger partial charge in [0.2, 0.25) is 17.8 Å². The second-order valence-corrected chi connectivity index (χ2v) is 6.05. The van der Waals surface area contributed by atoms with Crippen molar-refractivity contribution >= 4 is 35.6 Å². The third-order valence-electron chi connectivity index (χ3n) is 3.88. The molecule has 3 amide bonds. The van der Waals surface area contributed by atoms with E-state index in [1.54, 1.807) is 0 Å². The maximum atomic E-state index is 12.7. The Kier molecular flexibility index (Phi) is 6.11. The van der Waals surface area contributed by atoms with E-state index < -0.39 is 17.7 Å². The Bertz CT molecular complexity index is 1120. The number of anilines is 3. The molecule has 3 heterocycles. The van der Waals surface area contributed by atoms with Crippen LogP contribution in [0.3, 0.4) is 0 Å². The largest absolute Gasteiger partial charge is 0.290 e. The average Bonchev–Trinajstić information content (AvgIpc) is 2.85. The quantitative estimate of drug-likeness (QED) is 0.359. The SMILES string of the molecule is O=C(Nc1ncncn1)c1cc(C(=O)Nc2ncncn2)cc(C(=O)Nc2ncncn2)c1. The molecule has 0 radical (unpaired) electrons. The van der Waals surface area contributed by atoms with Crippen LogP contribution in [0.4, 0.5) is 17.8 Å². The van der Waals surface area contributed by atoms with E-state index in [1.165, 1.54) is 56.2 Å². The number of benzene rings is 1. The molecule has 0 unspecified atom stereocenters. The molecule has 0 atom stereocenters. The first-order valence-corrected chi connectivity index (χ1v) is 9.03. The van der Waals surface area contributed by atoms with Gasteiger partial charge in [-0.2, -0.15) is 0 Å². The molecule has 1 aromatic carbocycles. The molecule has 0 fully saturated rings. The lowest BCUT2D eigenvalue weighted by Crippen LogP contribution is -2.21. The van der Waals surface area contributed by atoms with Crippen LogP contribution in [0.2, 0.25) is 0 Å². The molecule has 0 saturated heterocycles. The number of aromatic nitrogens is 9. The molecule has 3 aromatic heterocycles. The van der Waals surface area contributed by atoms with Gasteiger partial charge >= 0.3 is 0 Å². The first-order valence-electron chi connectivity index (χ1n) is 9.03. The van der Waals surface area contributed by atoms with Crippen molar-refractivity contribution in [1.82, 2.24) is 44.9 Å². The summed E-state index contributed by atoms with van der Waals surface area (Å²) in [7, 11) is 0. The summed E-state index contributed by atoms with van der Waals surface area (Å²) in [4.78, 5) is 72.1. The van der Waals surface area contributed by atoms with Crippen LogP contribution in [0.25, 0.3) is 0 Å². The Labute approximate surface area is 184 Å². The van der Waals surface area contributed by atoms with E-state index in [0.29, 0.717) is 0 Å². The van der Waals surface area contributed by atoms with Gasteiger partial charge in [-0.15, -0.1) is 0 Å². The summed E-state index contributed by atoms with van der Waals surface area (Å²) in [6.45, 7) is 0. The van der Waals surface area contributed by atoms with Crippen molar-refractivity contribution in [2.45, 2.75) is 0 Å². The number of hydrogen-bond acceptors (Lipinski definition) is 12. The summed E-state index contributed by atoms with van der Waals surface area (Å²) in [5.41, 5.74) is -0.0430. The molecule has 33 heavy (non-hydrogen) atoms. The van der Waals surface area contributed by atoms with Gasteiger partial charge in [0.25, 0.3) is 17.7 Å². The Morgan fingerprint density at radius 1 is 0.455 bits per heavy atom. The topological polar surface area (TPSA) is 203 Å². The van der Waals surface area contributed by atoms with Crippen molar-refractivity contribution in [2.75, 3.05) is 16.0 Å². The number of carbonyl (C=O) groups is 3. The molecule has 0 aliphatic carbocycles. The molecular formula is C18H12N12O3. The van der Waals surface area contributed by atoms with Crippen molar-refractivity contribution in [3.8, 4) is 0 Å². The number of amides is 3. The standard InChI is InChI=1S/C18H12N12O3/c31-13(28-16-22-4-19-5-23-16)10-1-11(14(32)29-17-24-6-20-7-25-17)3-12(2-10)15(33)30-18-26-8-21-9-27-18/h1-9H,(H,19,22,23,28,31)(H,20,24,25,29,32)(H,21,26,27,30,33). The fourth-order valence-corrected chi connectivity index (χ4v) is 2.45. The van der Waals surface area contributed by atoms with E-state index in [0.717, 1.165) is 0 Å². The van der Waals surface area contributed by atoms with Gasteiger partial charge < -0.3 is 0 Å². The van der Waals surface area contributed by atoms with Gasteiger partial charge in [-0.05, 0) is 18.2 Å². The third-order valence-corrected chi connectivity index (χ3v) is 3.88. The van der Waals surface area contributed by atoms with E-state index >= 15 is 0 Å². The van der Waals surface area contributed by atoms with Crippen LogP contribution in [0, 0.1) is 0 Å². The van der Waals surface area contributed by atoms with Gasteiger partial charge in [0.1, 0.15) is 38.0 Å². The zero-order valence-electron chi connectivity index (χ0n) is 16.4. The van der Waals surface area contributed by atoms with Gasteiger partial charge in [-0.3, -0.25) is 30.3 Å². The van der Waals surface area contributed by atoms with E-state index in [4.69, 9.17) is 0 Å². The van der Waals surface area contributed by atoms with E-state index in [2.05, 4.69) is 60.8 Å². The summed E-state index contributed by atoms with van der Waals surface area (Å²) < 4.78 is 0. The van der Waals surface area contributed by atoms with Gasteiger partial charge in [0, 0.05) is 16.7 Å². The Balaban J connectivity index is 1.65. The maximum Gasteiger partial charge on any atom is 0.258 e. The molecular weight excluding hydrogens is 432 g/mol. The van der Waals surface area contributed by atoms with Crippen LogP contribution in [-0.2, 0) is 0 Å². The van der Waals surface area contributed by atoms with Crippen LogP contribution in [-0.4, -0.2) is 62.6 Å². The minimum absolute atomic E-state index is 0.00812. The molecule has 0 spiro atoms. The van der Waals surface area contributed by atoms with Crippen molar-refractivity contribution < 1.29 is 14.4 Å². The predicted molar refractivity (Wildman–Crippen MR) is 110 cm³/mol. The maximum absolute atomic E-state index is 12.7. The fourth-order valence-electron chi connectivity index (χ4n) is 2.45. The molecule has 4 aromatic rings. The zero-order valence-corrected chi connectivity index (χ0v) is 16.4. The van der Waals surface area contributed by atoms with Gasteiger partial charge in [0.05, 0.1) is 0 Å². The van der Waals surface area contributed by atoms with E-state index in [-0.39, 0.29) is 34.5 Å². The number of nitrogens with zero attached hydrogens (tertiary/aromatic N) is 9.